The molecule has 0 aliphatic heterocycles. The minimum absolute atomic E-state index is 0.0962. The summed E-state index contributed by atoms with van der Waals surface area (Å²) in [5.41, 5.74) is 2.12. The van der Waals surface area contributed by atoms with Gasteiger partial charge in [0.2, 0.25) is 5.91 Å². The van der Waals surface area contributed by atoms with E-state index in [2.05, 4.69) is 10.6 Å². The number of amides is 1. The van der Waals surface area contributed by atoms with E-state index in [9.17, 15) is 9.18 Å². The fourth-order valence-electron chi connectivity index (χ4n) is 1.77. The fraction of sp³-hybridized carbons (Fsp3) is 0.133. The van der Waals surface area contributed by atoms with Gasteiger partial charge in [0.25, 0.3) is 0 Å². The maximum atomic E-state index is 13.0. The summed E-state index contributed by atoms with van der Waals surface area (Å²) in [5, 5.41) is 6.25. The van der Waals surface area contributed by atoms with Gasteiger partial charge in [-0.05, 0) is 48.9 Å². The molecule has 104 valence electrons. The van der Waals surface area contributed by atoms with Gasteiger partial charge in [0.1, 0.15) is 5.82 Å². The first kappa shape index (κ1) is 14.3. The minimum atomic E-state index is -0.295. The summed E-state index contributed by atoms with van der Waals surface area (Å²) < 4.78 is 13.0. The van der Waals surface area contributed by atoms with Crippen molar-refractivity contribution in [1.29, 1.82) is 0 Å². The molecule has 2 N–H and O–H groups in total. The van der Waals surface area contributed by atoms with Crippen molar-refractivity contribution >= 4 is 28.9 Å². The third-order valence-electron chi connectivity index (χ3n) is 2.74. The lowest BCUT2D eigenvalue weighted by Crippen LogP contribution is -2.22. The molecule has 0 bridgehead atoms. The first-order valence-corrected chi connectivity index (χ1v) is 6.48. The Hall–Kier alpha value is -2.07. The predicted molar refractivity (Wildman–Crippen MR) is 79.7 cm³/mol. The number of benzene rings is 2. The van der Waals surface area contributed by atoms with Gasteiger partial charge in [-0.1, -0.05) is 17.7 Å². The highest BCUT2D eigenvalue weighted by molar-refractivity contribution is 6.30. The predicted octanol–water partition coefficient (Wildman–Crippen LogP) is 3.84. The summed E-state index contributed by atoms with van der Waals surface area (Å²) in [6, 6.07) is 11.3. The van der Waals surface area contributed by atoms with Gasteiger partial charge in [-0.2, -0.15) is 0 Å². The van der Waals surface area contributed by atoms with Crippen LogP contribution in [0.25, 0.3) is 0 Å². The first-order chi connectivity index (χ1) is 9.54. The van der Waals surface area contributed by atoms with Gasteiger partial charge in [-0.25, -0.2) is 4.39 Å². The number of aryl methyl sites for hydroxylation is 1. The van der Waals surface area contributed by atoms with Crippen molar-refractivity contribution in [3.8, 4) is 0 Å². The number of hydrogen-bond donors (Lipinski definition) is 2. The Labute approximate surface area is 121 Å². The van der Waals surface area contributed by atoms with Gasteiger partial charge >= 0.3 is 0 Å². The average molecular weight is 293 g/mol. The van der Waals surface area contributed by atoms with E-state index in [0.29, 0.717) is 10.7 Å². The fourth-order valence-corrected chi connectivity index (χ4v) is 1.96. The van der Waals surface area contributed by atoms with Gasteiger partial charge in [0.05, 0.1) is 6.54 Å². The molecule has 0 saturated heterocycles. The Morgan fingerprint density at radius 3 is 2.75 bits per heavy atom. The Bertz CT molecular complexity index is 631. The van der Waals surface area contributed by atoms with Crippen LogP contribution in [0.15, 0.2) is 42.5 Å². The van der Waals surface area contributed by atoms with Gasteiger partial charge in [-0.15, -0.1) is 0 Å². The highest BCUT2D eigenvalue weighted by Gasteiger charge is 2.04. The summed E-state index contributed by atoms with van der Waals surface area (Å²) in [4.78, 5) is 11.8. The molecule has 1 amide bonds. The molecule has 2 aromatic rings. The minimum Gasteiger partial charge on any atom is -0.376 e. The maximum Gasteiger partial charge on any atom is 0.243 e. The van der Waals surface area contributed by atoms with Crippen molar-refractivity contribution in [2.24, 2.45) is 0 Å². The summed E-state index contributed by atoms with van der Waals surface area (Å²) in [6.07, 6.45) is 0. The van der Waals surface area contributed by atoms with E-state index in [1.54, 1.807) is 37.3 Å². The molecule has 5 heteroatoms. The molecule has 2 rings (SSSR count). The van der Waals surface area contributed by atoms with Crippen LogP contribution in [0.5, 0.6) is 0 Å². The van der Waals surface area contributed by atoms with E-state index in [4.69, 9.17) is 11.6 Å². The molecule has 0 spiro atoms. The number of hydrogen-bond acceptors (Lipinski definition) is 2. The second-order valence-corrected chi connectivity index (χ2v) is 4.81. The molecule has 0 saturated carbocycles. The second kappa shape index (κ2) is 6.39. The van der Waals surface area contributed by atoms with E-state index in [0.717, 1.165) is 11.3 Å². The third kappa shape index (κ3) is 3.96. The molecular weight excluding hydrogens is 279 g/mol. The number of carbonyl (C=O) groups excluding carboxylic acids is 1. The monoisotopic (exact) mass is 292 g/mol. The summed E-state index contributed by atoms with van der Waals surface area (Å²) in [7, 11) is 0. The van der Waals surface area contributed by atoms with Gasteiger partial charge in [0, 0.05) is 16.4 Å². The molecular formula is C15H14ClFN2O. The third-order valence-corrected chi connectivity index (χ3v) is 2.97. The SMILES string of the molecule is Cc1cc(F)ccc1NCC(=O)Nc1cccc(Cl)c1. The average Bonchev–Trinajstić information content (AvgIpc) is 2.37. The zero-order valence-corrected chi connectivity index (χ0v) is 11.7. The van der Waals surface area contributed by atoms with Gasteiger partial charge in [0.15, 0.2) is 0 Å². The topological polar surface area (TPSA) is 41.1 Å². The number of rotatable bonds is 4. The largest absolute Gasteiger partial charge is 0.376 e. The molecule has 0 aromatic heterocycles. The normalized spacial score (nSPS) is 10.2. The van der Waals surface area contributed by atoms with Crippen LogP contribution in [0.4, 0.5) is 15.8 Å². The highest BCUT2D eigenvalue weighted by atomic mass is 35.5. The van der Waals surface area contributed by atoms with Crippen LogP contribution in [0, 0.1) is 12.7 Å². The van der Waals surface area contributed by atoms with Crippen LogP contribution in [-0.4, -0.2) is 12.5 Å². The van der Waals surface area contributed by atoms with Crippen molar-refractivity contribution in [3.05, 3.63) is 58.9 Å². The van der Waals surface area contributed by atoms with Crippen LogP contribution in [0.2, 0.25) is 5.02 Å². The molecule has 20 heavy (non-hydrogen) atoms. The van der Waals surface area contributed by atoms with E-state index in [-0.39, 0.29) is 18.3 Å². The highest BCUT2D eigenvalue weighted by Crippen LogP contribution is 2.16. The molecule has 0 aliphatic rings. The zero-order valence-electron chi connectivity index (χ0n) is 10.9. The van der Waals surface area contributed by atoms with Crippen molar-refractivity contribution in [3.63, 3.8) is 0 Å². The Morgan fingerprint density at radius 2 is 2.05 bits per heavy atom. The second-order valence-electron chi connectivity index (χ2n) is 4.37. The molecule has 0 fully saturated rings. The Balaban J connectivity index is 1.92. The lowest BCUT2D eigenvalue weighted by molar-refractivity contribution is -0.114. The number of carbonyl (C=O) groups is 1. The van der Waals surface area contributed by atoms with Crippen molar-refractivity contribution in [1.82, 2.24) is 0 Å². The van der Waals surface area contributed by atoms with E-state index in [1.165, 1.54) is 12.1 Å². The van der Waals surface area contributed by atoms with Gasteiger partial charge in [-0.3, -0.25) is 4.79 Å². The van der Waals surface area contributed by atoms with Crippen molar-refractivity contribution < 1.29 is 9.18 Å². The van der Waals surface area contributed by atoms with Crippen LogP contribution < -0.4 is 10.6 Å². The molecule has 0 heterocycles. The van der Waals surface area contributed by atoms with Gasteiger partial charge < -0.3 is 10.6 Å². The number of halogens is 2. The van der Waals surface area contributed by atoms with E-state index >= 15 is 0 Å². The maximum absolute atomic E-state index is 13.0. The summed E-state index contributed by atoms with van der Waals surface area (Å²) in [5.74, 6) is -0.493. The lowest BCUT2D eigenvalue weighted by atomic mass is 10.2. The van der Waals surface area contributed by atoms with Crippen LogP contribution in [0.1, 0.15) is 5.56 Å². The van der Waals surface area contributed by atoms with Crippen LogP contribution in [0.3, 0.4) is 0 Å². The molecule has 0 unspecified atom stereocenters. The summed E-state index contributed by atoms with van der Waals surface area (Å²) in [6.45, 7) is 1.87. The van der Waals surface area contributed by atoms with E-state index < -0.39 is 0 Å². The van der Waals surface area contributed by atoms with Crippen molar-refractivity contribution in [2.75, 3.05) is 17.2 Å². The molecule has 3 nitrogen and oxygen atoms in total. The molecule has 2 aromatic carbocycles. The molecule has 0 aliphatic carbocycles. The van der Waals surface area contributed by atoms with E-state index in [1.807, 2.05) is 0 Å². The lowest BCUT2D eigenvalue weighted by Gasteiger charge is -2.10. The van der Waals surface area contributed by atoms with Crippen molar-refractivity contribution in [2.45, 2.75) is 6.92 Å². The quantitative estimate of drug-likeness (QED) is 0.899. The summed E-state index contributed by atoms with van der Waals surface area (Å²) >= 11 is 5.83. The standard InChI is InChI=1S/C15H14ClFN2O/c1-10-7-12(17)5-6-14(10)18-9-15(20)19-13-4-2-3-11(16)8-13/h2-8,18H,9H2,1H3,(H,19,20). The Kier molecular flexibility index (Phi) is 4.58. The first-order valence-electron chi connectivity index (χ1n) is 6.10. The Morgan fingerprint density at radius 1 is 1.25 bits per heavy atom. The van der Waals surface area contributed by atoms with Crippen LogP contribution >= 0.6 is 11.6 Å². The van der Waals surface area contributed by atoms with Crippen LogP contribution in [-0.2, 0) is 4.79 Å². The molecule has 0 atom stereocenters. The smallest absolute Gasteiger partial charge is 0.243 e. The number of nitrogens with one attached hydrogen (secondary N) is 2. The number of anilines is 2. The molecule has 0 radical (unpaired) electrons. The zero-order chi connectivity index (χ0) is 14.5.